The Kier molecular flexibility index (Phi) is 6.66. The first-order chi connectivity index (χ1) is 15.1. The SMILES string of the molecule is CCc1c(C(=O)NCCCN2CCCCC2C)cnc2c(-c3ccccc3)c(C)nn12. The zero-order chi connectivity index (χ0) is 21.8. The van der Waals surface area contributed by atoms with E-state index in [-0.39, 0.29) is 5.91 Å². The van der Waals surface area contributed by atoms with Crippen molar-refractivity contribution in [1.82, 2.24) is 24.8 Å². The van der Waals surface area contributed by atoms with Crippen molar-refractivity contribution in [2.75, 3.05) is 19.6 Å². The van der Waals surface area contributed by atoms with Crippen molar-refractivity contribution in [2.45, 2.75) is 58.9 Å². The van der Waals surface area contributed by atoms with Crippen LogP contribution in [-0.4, -0.2) is 51.1 Å². The number of hydrogen-bond acceptors (Lipinski definition) is 4. The highest BCUT2D eigenvalue weighted by atomic mass is 16.1. The Hall–Kier alpha value is -2.73. The lowest BCUT2D eigenvalue weighted by Gasteiger charge is -2.33. The summed E-state index contributed by atoms with van der Waals surface area (Å²) in [5.41, 5.74) is 5.35. The maximum absolute atomic E-state index is 12.9. The molecule has 0 aliphatic carbocycles. The van der Waals surface area contributed by atoms with Crippen LogP contribution >= 0.6 is 0 Å². The molecule has 0 saturated carbocycles. The third-order valence-electron chi connectivity index (χ3n) is 6.41. The summed E-state index contributed by atoms with van der Waals surface area (Å²) in [6.45, 7) is 9.26. The molecule has 6 heteroatoms. The molecule has 1 fully saturated rings. The highest BCUT2D eigenvalue weighted by molar-refractivity contribution is 5.95. The number of carbonyl (C=O) groups is 1. The molecule has 1 atom stereocenters. The van der Waals surface area contributed by atoms with Gasteiger partial charge in [-0.05, 0) is 51.6 Å². The number of hydrogen-bond donors (Lipinski definition) is 1. The summed E-state index contributed by atoms with van der Waals surface area (Å²) >= 11 is 0. The van der Waals surface area contributed by atoms with Gasteiger partial charge in [-0.1, -0.05) is 43.7 Å². The van der Waals surface area contributed by atoms with Gasteiger partial charge in [0.05, 0.1) is 17.0 Å². The Bertz CT molecular complexity index is 1040. The van der Waals surface area contributed by atoms with Gasteiger partial charge in [-0.25, -0.2) is 9.50 Å². The first kappa shape index (κ1) is 21.5. The van der Waals surface area contributed by atoms with Crippen LogP contribution in [0.5, 0.6) is 0 Å². The Morgan fingerprint density at radius 2 is 2.03 bits per heavy atom. The molecule has 1 aliphatic rings. The maximum atomic E-state index is 12.9. The fourth-order valence-electron chi connectivity index (χ4n) is 4.68. The number of piperidine rings is 1. The molecule has 0 bridgehead atoms. The second-order valence-electron chi connectivity index (χ2n) is 8.52. The first-order valence-corrected chi connectivity index (χ1v) is 11.5. The van der Waals surface area contributed by atoms with Crippen LogP contribution in [0.25, 0.3) is 16.8 Å². The van der Waals surface area contributed by atoms with Crippen molar-refractivity contribution in [1.29, 1.82) is 0 Å². The molecule has 1 N–H and O–H groups in total. The largest absolute Gasteiger partial charge is 0.352 e. The number of carbonyl (C=O) groups excluding carboxylic acids is 1. The lowest BCUT2D eigenvalue weighted by molar-refractivity contribution is 0.0947. The smallest absolute Gasteiger partial charge is 0.254 e. The number of aromatic nitrogens is 3. The predicted molar refractivity (Wildman–Crippen MR) is 124 cm³/mol. The second-order valence-corrected chi connectivity index (χ2v) is 8.52. The summed E-state index contributed by atoms with van der Waals surface area (Å²) in [7, 11) is 0. The van der Waals surface area contributed by atoms with Crippen molar-refractivity contribution in [3.63, 3.8) is 0 Å². The summed E-state index contributed by atoms with van der Waals surface area (Å²) in [5, 5.41) is 7.84. The zero-order valence-corrected chi connectivity index (χ0v) is 18.9. The average Bonchev–Trinajstić information content (AvgIpc) is 3.13. The number of likely N-dealkylation sites (tertiary alicyclic amines) is 1. The fraction of sp³-hybridized carbons (Fsp3) is 0.480. The zero-order valence-electron chi connectivity index (χ0n) is 18.9. The monoisotopic (exact) mass is 419 g/mol. The van der Waals surface area contributed by atoms with E-state index in [1.165, 1.54) is 25.8 Å². The molecule has 4 rings (SSSR count). The van der Waals surface area contributed by atoms with Crippen LogP contribution < -0.4 is 5.32 Å². The minimum atomic E-state index is -0.0626. The standard InChI is InChI=1S/C25H33N5O/c1-4-22-21(25(31)26-14-10-16-29-15-9-8-11-18(29)2)17-27-24-23(19(3)28-30(22)24)20-12-6-5-7-13-20/h5-7,12-13,17-18H,4,8-11,14-16H2,1-3H3,(H,26,31). The highest BCUT2D eigenvalue weighted by Gasteiger charge is 2.20. The van der Waals surface area contributed by atoms with Crippen LogP contribution in [0.2, 0.25) is 0 Å². The highest BCUT2D eigenvalue weighted by Crippen LogP contribution is 2.28. The third-order valence-corrected chi connectivity index (χ3v) is 6.41. The molecule has 1 saturated heterocycles. The molecule has 2 aromatic heterocycles. The number of rotatable bonds is 7. The summed E-state index contributed by atoms with van der Waals surface area (Å²) < 4.78 is 1.85. The Labute approximate surface area is 184 Å². The summed E-state index contributed by atoms with van der Waals surface area (Å²) in [4.78, 5) is 20.1. The van der Waals surface area contributed by atoms with Gasteiger partial charge in [0.25, 0.3) is 5.91 Å². The molecule has 1 aliphatic heterocycles. The van der Waals surface area contributed by atoms with E-state index in [1.807, 2.05) is 29.6 Å². The average molecular weight is 420 g/mol. The summed E-state index contributed by atoms with van der Waals surface area (Å²) in [5.74, 6) is -0.0626. The van der Waals surface area contributed by atoms with Gasteiger partial charge < -0.3 is 10.2 Å². The van der Waals surface area contributed by atoms with Crippen molar-refractivity contribution >= 4 is 11.6 Å². The molecule has 1 unspecified atom stereocenters. The molecular formula is C25H33N5O. The van der Waals surface area contributed by atoms with Gasteiger partial charge in [0, 0.05) is 30.9 Å². The third kappa shape index (κ3) is 4.49. The van der Waals surface area contributed by atoms with E-state index < -0.39 is 0 Å². The second kappa shape index (κ2) is 9.60. The van der Waals surface area contributed by atoms with E-state index in [1.54, 1.807) is 6.20 Å². The molecule has 3 aromatic rings. The van der Waals surface area contributed by atoms with Gasteiger partial charge in [-0.15, -0.1) is 0 Å². The predicted octanol–water partition coefficient (Wildman–Crippen LogP) is 4.26. The van der Waals surface area contributed by atoms with Crippen molar-refractivity contribution in [3.05, 3.63) is 53.5 Å². The molecular weight excluding hydrogens is 386 g/mol. The lowest BCUT2D eigenvalue weighted by atomic mass is 10.0. The van der Waals surface area contributed by atoms with Crippen LogP contribution in [0.1, 0.15) is 61.3 Å². The van der Waals surface area contributed by atoms with E-state index in [4.69, 9.17) is 5.10 Å². The van der Waals surface area contributed by atoms with Crippen LogP contribution in [0.3, 0.4) is 0 Å². The molecule has 3 heterocycles. The lowest BCUT2D eigenvalue weighted by Crippen LogP contribution is -2.39. The van der Waals surface area contributed by atoms with Crippen LogP contribution in [-0.2, 0) is 6.42 Å². The van der Waals surface area contributed by atoms with Gasteiger partial charge in [0.15, 0.2) is 5.65 Å². The van der Waals surface area contributed by atoms with Gasteiger partial charge >= 0.3 is 0 Å². The number of fused-ring (bicyclic) bond motifs is 1. The quantitative estimate of drug-likeness (QED) is 0.581. The normalized spacial score (nSPS) is 17.2. The Balaban J connectivity index is 1.49. The summed E-state index contributed by atoms with van der Waals surface area (Å²) in [6.07, 6.45) is 7.30. The molecule has 0 spiro atoms. The van der Waals surface area contributed by atoms with Gasteiger partial charge in [0.2, 0.25) is 0 Å². The molecule has 6 nitrogen and oxygen atoms in total. The van der Waals surface area contributed by atoms with E-state index in [0.29, 0.717) is 24.6 Å². The van der Waals surface area contributed by atoms with Gasteiger partial charge in [-0.2, -0.15) is 5.10 Å². The van der Waals surface area contributed by atoms with Gasteiger partial charge in [-0.3, -0.25) is 4.79 Å². The van der Waals surface area contributed by atoms with E-state index in [2.05, 4.69) is 41.2 Å². The number of nitrogens with zero attached hydrogens (tertiary/aromatic N) is 4. The van der Waals surface area contributed by atoms with Crippen LogP contribution in [0.15, 0.2) is 36.5 Å². The van der Waals surface area contributed by atoms with Crippen LogP contribution in [0, 0.1) is 6.92 Å². The topological polar surface area (TPSA) is 62.5 Å². The number of aryl methyl sites for hydroxylation is 2. The first-order valence-electron chi connectivity index (χ1n) is 11.5. The molecule has 1 amide bonds. The van der Waals surface area contributed by atoms with Crippen molar-refractivity contribution in [2.24, 2.45) is 0 Å². The Morgan fingerprint density at radius 3 is 2.77 bits per heavy atom. The Morgan fingerprint density at radius 1 is 1.23 bits per heavy atom. The minimum absolute atomic E-state index is 0.0626. The van der Waals surface area contributed by atoms with Crippen LogP contribution in [0.4, 0.5) is 0 Å². The minimum Gasteiger partial charge on any atom is -0.352 e. The molecule has 1 aromatic carbocycles. The molecule has 0 radical (unpaired) electrons. The molecule has 164 valence electrons. The molecule has 31 heavy (non-hydrogen) atoms. The number of nitrogens with one attached hydrogen (secondary N) is 1. The van der Waals surface area contributed by atoms with E-state index >= 15 is 0 Å². The van der Waals surface area contributed by atoms with Crippen molar-refractivity contribution < 1.29 is 4.79 Å². The van der Waals surface area contributed by atoms with E-state index in [0.717, 1.165) is 41.1 Å². The number of benzene rings is 1. The van der Waals surface area contributed by atoms with Gasteiger partial charge in [0.1, 0.15) is 0 Å². The summed E-state index contributed by atoms with van der Waals surface area (Å²) in [6, 6.07) is 10.8. The van der Waals surface area contributed by atoms with Crippen molar-refractivity contribution in [3.8, 4) is 11.1 Å². The maximum Gasteiger partial charge on any atom is 0.254 e. The fourth-order valence-corrected chi connectivity index (χ4v) is 4.68. The number of amides is 1. The van der Waals surface area contributed by atoms with E-state index in [9.17, 15) is 4.79 Å².